The Bertz CT molecular complexity index is 1640. The van der Waals surface area contributed by atoms with Crippen molar-refractivity contribution in [3.63, 3.8) is 0 Å². The third kappa shape index (κ3) is 5.87. The monoisotopic (exact) mass is 613 g/mol. The summed E-state index contributed by atoms with van der Waals surface area (Å²) in [6.45, 7) is 1.00. The van der Waals surface area contributed by atoms with Gasteiger partial charge in [-0.3, -0.25) is 4.79 Å². The maximum absolute atomic E-state index is 13.0. The lowest BCUT2D eigenvalue weighted by atomic mass is 10.0. The molecular weight excluding hydrogens is 591 g/mol. The molecule has 0 atom stereocenters. The molecule has 11 heteroatoms. The first kappa shape index (κ1) is 27.4. The third-order valence-corrected chi connectivity index (χ3v) is 7.11. The fraction of sp³-hybridized carbons (Fsp3) is 0.241. The summed E-state index contributed by atoms with van der Waals surface area (Å²) in [5, 5.41) is 10.6. The maximum Gasteiger partial charge on any atom is 0.573 e. The highest BCUT2D eigenvalue weighted by Gasteiger charge is 2.32. The molecular formula is C29H23BrF3N3O4. The van der Waals surface area contributed by atoms with Crippen molar-refractivity contribution in [2.45, 2.75) is 25.3 Å². The highest BCUT2D eigenvalue weighted by atomic mass is 79.9. The van der Waals surface area contributed by atoms with Gasteiger partial charge in [-0.15, -0.1) is 13.2 Å². The van der Waals surface area contributed by atoms with Crippen molar-refractivity contribution in [2.24, 2.45) is 7.05 Å². The number of para-hydroxylation sites is 1. The SMILES string of the molecule is Cn1c(=O)c(C#N)c(N2CCC(Oc3ccc(OC(F)(F)F)cc3Oc3ccccc3)CC2)c2ccc(Br)cc21. The first-order valence-electron chi connectivity index (χ1n) is 12.4. The number of nitrogens with zero attached hydrogens (tertiary/aromatic N) is 3. The number of ether oxygens (including phenoxy) is 3. The van der Waals surface area contributed by atoms with E-state index in [-0.39, 0.29) is 28.7 Å². The summed E-state index contributed by atoms with van der Waals surface area (Å²) in [5.74, 6) is 0.372. The Labute approximate surface area is 236 Å². The van der Waals surface area contributed by atoms with Gasteiger partial charge in [-0.05, 0) is 42.5 Å². The minimum absolute atomic E-state index is 0.0792. The van der Waals surface area contributed by atoms with Crippen LogP contribution in [0.5, 0.6) is 23.0 Å². The Morgan fingerprint density at radius 1 is 0.975 bits per heavy atom. The first-order valence-corrected chi connectivity index (χ1v) is 13.2. The van der Waals surface area contributed by atoms with E-state index in [4.69, 9.17) is 9.47 Å². The van der Waals surface area contributed by atoms with E-state index in [0.717, 1.165) is 15.9 Å². The molecule has 0 saturated carbocycles. The van der Waals surface area contributed by atoms with Gasteiger partial charge in [-0.25, -0.2) is 0 Å². The van der Waals surface area contributed by atoms with Gasteiger partial charge in [0.1, 0.15) is 29.2 Å². The number of rotatable bonds is 6. The molecule has 206 valence electrons. The van der Waals surface area contributed by atoms with E-state index in [1.54, 1.807) is 37.4 Å². The number of aryl methyl sites for hydroxylation is 1. The van der Waals surface area contributed by atoms with Gasteiger partial charge in [0.15, 0.2) is 11.5 Å². The lowest BCUT2D eigenvalue weighted by Crippen LogP contribution is -2.40. The number of anilines is 1. The van der Waals surface area contributed by atoms with Crippen LogP contribution in [0.1, 0.15) is 18.4 Å². The maximum atomic E-state index is 13.0. The fourth-order valence-corrected chi connectivity index (χ4v) is 5.13. The second-order valence-electron chi connectivity index (χ2n) is 9.24. The highest BCUT2D eigenvalue weighted by molar-refractivity contribution is 9.10. The third-order valence-electron chi connectivity index (χ3n) is 6.61. The molecule has 0 aliphatic carbocycles. The van der Waals surface area contributed by atoms with Crippen LogP contribution in [0.4, 0.5) is 18.9 Å². The van der Waals surface area contributed by atoms with E-state index < -0.39 is 12.1 Å². The van der Waals surface area contributed by atoms with Crippen molar-refractivity contribution in [3.05, 3.63) is 87.1 Å². The Kier molecular flexibility index (Phi) is 7.63. The molecule has 40 heavy (non-hydrogen) atoms. The molecule has 0 radical (unpaired) electrons. The quantitative estimate of drug-likeness (QED) is 0.235. The van der Waals surface area contributed by atoms with Crippen LogP contribution in [-0.4, -0.2) is 30.1 Å². The van der Waals surface area contributed by atoms with Gasteiger partial charge in [0, 0.05) is 48.9 Å². The average molecular weight is 614 g/mol. The van der Waals surface area contributed by atoms with Crippen LogP contribution in [0.15, 0.2) is 76.0 Å². The Morgan fingerprint density at radius 2 is 1.70 bits per heavy atom. The number of piperidine rings is 1. The minimum atomic E-state index is -4.85. The van der Waals surface area contributed by atoms with Gasteiger partial charge < -0.3 is 23.7 Å². The van der Waals surface area contributed by atoms with Crippen LogP contribution in [-0.2, 0) is 7.05 Å². The molecule has 1 aliphatic rings. The number of hydrogen-bond acceptors (Lipinski definition) is 6. The van der Waals surface area contributed by atoms with Gasteiger partial charge in [-0.2, -0.15) is 5.26 Å². The molecule has 4 aromatic rings. The number of benzene rings is 3. The zero-order chi connectivity index (χ0) is 28.4. The zero-order valence-corrected chi connectivity index (χ0v) is 22.8. The fourth-order valence-electron chi connectivity index (χ4n) is 4.78. The van der Waals surface area contributed by atoms with E-state index in [1.165, 1.54) is 16.7 Å². The zero-order valence-electron chi connectivity index (χ0n) is 21.2. The molecule has 3 aromatic carbocycles. The molecule has 7 nitrogen and oxygen atoms in total. The van der Waals surface area contributed by atoms with Gasteiger partial charge in [-0.1, -0.05) is 34.1 Å². The number of hydrogen-bond donors (Lipinski definition) is 0. The number of alkyl halides is 3. The Hall–Kier alpha value is -4.17. The standard InChI is InChI=1S/C29H23BrF3N3O4/c1-35-24-15-18(30)7-9-22(24)27(23(17-34)28(35)37)36-13-11-20(12-14-36)38-25-10-8-21(40-29(31,32)33)16-26(25)39-19-5-3-2-4-6-19/h2-10,15-16,20H,11-14H2,1H3. The number of nitriles is 1. The van der Waals surface area contributed by atoms with Crippen LogP contribution in [0.3, 0.4) is 0 Å². The predicted octanol–water partition coefficient (Wildman–Crippen LogP) is 6.91. The van der Waals surface area contributed by atoms with Crippen LogP contribution < -0.4 is 24.7 Å². The van der Waals surface area contributed by atoms with Crippen molar-refractivity contribution < 1.29 is 27.4 Å². The van der Waals surface area contributed by atoms with E-state index in [9.17, 15) is 23.2 Å². The topological polar surface area (TPSA) is 76.7 Å². The summed E-state index contributed by atoms with van der Waals surface area (Å²) in [7, 11) is 1.64. The lowest BCUT2D eigenvalue weighted by Gasteiger charge is -2.35. The van der Waals surface area contributed by atoms with Gasteiger partial charge >= 0.3 is 6.36 Å². The number of aromatic nitrogens is 1. The van der Waals surface area contributed by atoms with Gasteiger partial charge in [0.05, 0.1) is 11.2 Å². The van der Waals surface area contributed by atoms with Crippen LogP contribution in [0.25, 0.3) is 10.9 Å². The smallest absolute Gasteiger partial charge is 0.486 e. The molecule has 1 aliphatic heterocycles. The summed E-state index contributed by atoms with van der Waals surface area (Å²) in [4.78, 5) is 15.0. The van der Waals surface area contributed by atoms with Crippen molar-refractivity contribution in [1.29, 1.82) is 5.26 Å². The highest BCUT2D eigenvalue weighted by Crippen LogP contribution is 2.39. The predicted molar refractivity (Wildman–Crippen MR) is 147 cm³/mol. The molecule has 5 rings (SSSR count). The van der Waals surface area contributed by atoms with Gasteiger partial charge in [0.25, 0.3) is 5.56 Å². The normalized spacial score (nSPS) is 14.2. The number of halogens is 4. The summed E-state index contributed by atoms with van der Waals surface area (Å²) < 4.78 is 56.9. The molecule has 2 heterocycles. The Morgan fingerprint density at radius 3 is 2.38 bits per heavy atom. The average Bonchev–Trinajstić information content (AvgIpc) is 2.92. The molecule has 0 spiro atoms. The van der Waals surface area contributed by atoms with Gasteiger partial charge in [0.2, 0.25) is 0 Å². The molecule has 1 fully saturated rings. The second kappa shape index (κ2) is 11.1. The molecule has 0 unspecified atom stereocenters. The molecule has 0 N–H and O–H groups in total. The largest absolute Gasteiger partial charge is 0.573 e. The number of fused-ring (bicyclic) bond motifs is 1. The van der Waals surface area contributed by atoms with Crippen molar-refractivity contribution in [3.8, 4) is 29.1 Å². The molecule has 0 amide bonds. The second-order valence-corrected chi connectivity index (χ2v) is 10.2. The summed E-state index contributed by atoms with van der Waals surface area (Å²) in [5.41, 5.74) is 1.00. The lowest BCUT2D eigenvalue weighted by molar-refractivity contribution is -0.274. The van der Waals surface area contributed by atoms with Crippen molar-refractivity contribution in [2.75, 3.05) is 18.0 Å². The van der Waals surface area contributed by atoms with Crippen molar-refractivity contribution in [1.82, 2.24) is 4.57 Å². The van der Waals surface area contributed by atoms with Crippen LogP contribution in [0, 0.1) is 11.3 Å². The first-order chi connectivity index (χ1) is 19.1. The molecule has 1 saturated heterocycles. The van der Waals surface area contributed by atoms with Crippen LogP contribution >= 0.6 is 15.9 Å². The number of pyridine rings is 1. The molecule has 0 bridgehead atoms. The van der Waals surface area contributed by atoms with E-state index in [0.29, 0.717) is 42.9 Å². The van der Waals surface area contributed by atoms with Crippen LogP contribution in [0.2, 0.25) is 0 Å². The minimum Gasteiger partial charge on any atom is -0.486 e. The van der Waals surface area contributed by atoms with E-state index >= 15 is 0 Å². The summed E-state index contributed by atoms with van der Waals surface area (Å²) in [6.07, 6.45) is -4.03. The van der Waals surface area contributed by atoms with E-state index in [2.05, 4.69) is 26.7 Å². The Balaban J connectivity index is 1.38. The summed E-state index contributed by atoms with van der Waals surface area (Å²) >= 11 is 3.45. The summed E-state index contributed by atoms with van der Waals surface area (Å²) in [6, 6.07) is 20.1. The molecule has 1 aromatic heterocycles. The van der Waals surface area contributed by atoms with Crippen molar-refractivity contribution >= 4 is 32.5 Å². The van der Waals surface area contributed by atoms with E-state index in [1.807, 2.05) is 23.1 Å².